The predicted molar refractivity (Wildman–Crippen MR) is 96.7 cm³/mol. The summed E-state index contributed by atoms with van der Waals surface area (Å²) in [6, 6.07) is 5.94. The van der Waals surface area contributed by atoms with Gasteiger partial charge in [-0.2, -0.15) is 0 Å². The quantitative estimate of drug-likeness (QED) is 0.789. The molecule has 6 heteroatoms. The maximum Gasteiger partial charge on any atom is 0.236 e. The summed E-state index contributed by atoms with van der Waals surface area (Å²) in [6.07, 6.45) is 2.55. The van der Waals surface area contributed by atoms with Crippen molar-refractivity contribution in [2.24, 2.45) is 0 Å². The normalized spacial score (nSPS) is 24.6. The average Bonchev–Trinajstić information content (AvgIpc) is 3.21. The number of nitrogens with zero attached hydrogens (tertiary/aromatic N) is 2. The van der Waals surface area contributed by atoms with E-state index in [4.69, 9.17) is 9.47 Å². The number of amides is 1. The van der Waals surface area contributed by atoms with Crippen molar-refractivity contribution in [1.29, 1.82) is 0 Å². The van der Waals surface area contributed by atoms with Crippen LogP contribution in [0, 0.1) is 0 Å². The molecule has 0 radical (unpaired) electrons. The summed E-state index contributed by atoms with van der Waals surface area (Å²) in [7, 11) is 3.28. The van der Waals surface area contributed by atoms with Gasteiger partial charge in [0.05, 0.1) is 19.5 Å². The maximum atomic E-state index is 12.6. The highest BCUT2D eigenvalue weighted by molar-refractivity contribution is 8.01. The first-order chi connectivity index (χ1) is 11.6. The van der Waals surface area contributed by atoms with E-state index in [0.29, 0.717) is 11.5 Å². The zero-order valence-corrected chi connectivity index (χ0v) is 15.5. The second kappa shape index (κ2) is 7.66. The van der Waals surface area contributed by atoms with Crippen LogP contribution in [0.4, 0.5) is 0 Å². The number of carbonyl (C=O) groups excluding carboxylic acids is 1. The van der Waals surface area contributed by atoms with E-state index in [2.05, 4.69) is 4.90 Å². The van der Waals surface area contributed by atoms with Crippen LogP contribution in [0.25, 0.3) is 0 Å². The Morgan fingerprint density at radius 3 is 2.50 bits per heavy atom. The number of likely N-dealkylation sites (tertiary alicyclic amines) is 1. The van der Waals surface area contributed by atoms with Gasteiger partial charge in [0.2, 0.25) is 5.91 Å². The molecule has 1 aromatic carbocycles. The molecule has 0 bridgehead atoms. The van der Waals surface area contributed by atoms with Crippen LogP contribution in [0.3, 0.4) is 0 Å². The van der Waals surface area contributed by atoms with Gasteiger partial charge in [0.1, 0.15) is 5.37 Å². The Hall–Kier alpha value is -1.40. The van der Waals surface area contributed by atoms with Gasteiger partial charge in [0, 0.05) is 13.1 Å². The molecule has 24 heavy (non-hydrogen) atoms. The molecule has 2 aliphatic rings. The molecule has 0 aromatic heterocycles. The van der Waals surface area contributed by atoms with Crippen molar-refractivity contribution < 1.29 is 14.3 Å². The van der Waals surface area contributed by atoms with Crippen LogP contribution in [0.1, 0.15) is 30.7 Å². The van der Waals surface area contributed by atoms with Gasteiger partial charge in [0.25, 0.3) is 0 Å². The Bertz CT molecular complexity index is 590. The van der Waals surface area contributed by atoms with Crippen LogP contribution in [0.2, 0.25) is 0 Å². The highest BCUT2D eigenvalue weighted by atomic mass is 32.2. The molecule has 1 amide bonds. The first-order valence-electron chi connectivity index (χ1n) is 8.54. The third-order valence-corrected chi connectivity index (χ3v) is 6.19. The van der Waals surface area contributed by atoms with E-state index in [0.717, 1.165) is 31.7 Å². The van der Waals surface area contributed by atoms with Crippen molar-refractivity contribution in [3.8, 4) is 11.5 Å². The van der Waals surface area contributed by atoms with Gasteiger partial charge in [-0.3, -0.25) is 4.79 Å². The summed E-state index contributed by atoms with van der Waals surface area (Å²) in [5.74, 6) is 1.66. The van der Waals surface area contributed by atoms with Crippen molar-refractivity contribution in [3.63, 3.8) is 0 Å². The number of rotatable bonds is 6. The van der Waals surface area contributed by atoms with Gasteiger partial charge < -0.3 is 19.3 Å². The van der Waals surface area contributed by atoms with Crippen LogP contribution in [-0.2, 0) is 4.79 Å². The molecule has 3 rings (SSSR count). The Balaban J connectivity index is 1.77. The molecule has 0 unspecified atom stereocenters. The van der Waals surface area contributed by atoms with Crippen molar-refractivity contribution in [1.82, 2.24) is 9.80 Å². The standard InChI is InChI=1S/C18H26N2O3S/c1-13-17(21)20(11-10-19-8-4-5-9-19)18(24-13)14-6-7-15(22-2)16(12-14)23-3/h6-7,12-13,18H,4-5,8-11H2,1-3H3/t13-,18-/m1/s1. The van der Waals surface area contributed by atoms with Crippen molar-refractivity contribution in [3.05, 3.63) is 23.8 Å². The molecular weight excluding hydrogens is 324 g/mol. The van der Waals surface area contributed by atoms with Crippen LogP contribution < -0.4 is 9.47 Å². The summed E-state index contributed by atoms with van der Waals surface area (Å²) in [5.41, 5.74) is 1.09. The number of hydrogen-bond acceptors (Lipinski definition) is 5. The molecule has 0 N–H and O–H groups in total. The number of carbonyl (C=O) groups is 1. The largest absolute Gasteiger partial charge is 0.493 e. The van der Waals surface area contributed by atoms with Crippen LogP contribution in [0.15, 0.2) is 18.2 Å². The van der Waals surface area contributed by atoms with E-state index in [1.165, 1.54) is 12.8 Å². The van der Waals surface area contributed by atoms with Gasteiger partial charge in [0.15, 0.2) is 11.5 Å². The van der Waals surface area contributed by atoms with E-state index >= 15 is 0 Å². The zero-order chi connectivity index (χ0) is 17.1. The summed E-state index contributed by atoms with van der Waals surface area (Å²) >= 11 is 1.71. The molecule has 2 aliphatic heterocycles. The average molecular weight is 350 g/mol. The SMILES string of the molecule is COc1ccc([C@H]2S[C@H](C)C(=O)N2CCN2CCCC2)cc1OC. The van der Waals surface area contributed by atoms with Crippen LogP contribution >= 0.6 is 11.8 Å². The van der Waals surface area contributed by atoms with Gasteiger partial charge in [-0.25, -0.2) is 0 Å². The van der Waals surface area contributed by atoms with Crippen molar-refractivity contribution in [2.45, 2.75) is 30.4 Å². The van der Waals surface area contributed by atoms with E-state index in [9.17, 15) is 4.79 Å². The molecule has 0 spiro atoms. The minimum absolute atomic E-state index is 0.00155. The number of methoxy groups -OCH3 is 2. The minimum Gasteiger partial charge on any atom is -0.493 e. The monoisotopic (exact) mass is 350 g/mol. The lowest BCUT2D eigenvalue weighted by Gasteiger charge is -2.27. The molecule has 2 heterocycles. The number of thioether (sulfide) groups is 1. The molecule has 5 nitrogen and oxygen atoms in total. The Morgan fingerprint density at radius 2 is 1.83 bits per heavy atom. The summed E-state index contributed by atoms with van der Waals surface area (Å²) in [6.45, 7) is 6.06. The lowest BCUT2D eigenvalue weighted by Crippen LogP contribution is -2.37. The third kappa shape index (κ3) is 3.49. The zero-order valence-electron chi connectivity index (χ0n) is 14.7. The molecular formula is C18H26N2O3S. The van der Waals surface area contributed by atoms with Gasteiger partial charge in [-0.1, -0.05) is 6.07 Å². The van der Waals surface area contributed by atoms with Gasteiger partial charge in [-0.05, 0) is 50.6 Å². The highest BCUT2D eigenvalue weighted by Gasteiger charge is 2.38. The summed E-state index contributed by atoms with van der Waals surface area (Å²) < 4.78 is 10.7. The van der Waals surface area contributed by atoms with Gasteiger partial charge >= 0.3 is 0 Å². The van der Waals surface area contributed by atoms with E-state index in [1.54, 1.807) is 26.0 Å². The third-order valence-electron chi connectivity index (χ3n) is 4.80. The topological polar surface area (TPSA) is 42.0 Å². The fraction of sp³-hybridized carbons (Fsp3) is 0.611. The van der Waals surface area contributed by atoms with Crippen molar-refractivity contribution in [2.75, 3.05) is 40.4 Å². The number of benzene rings is 1. The fourth-order valence-electron chi connectivity index (χ4n) is 3.42. The lowest BCUT2D eigenvalue weighted by atomic mass is 10.1. The Morgan fingerprint density at radius 1 is 1.12 bits per heavy atom. The number of hydrogen-bond donors (Lipinski definition) is 0. The second-order valence-electron chi connectivity index (χ2n) is 6.33. The first-order valence-corrected chi connectivity index (χ1v) is 9.48. The molecule has 0 saturated carbocycles. The fourth-order valence-corrected chi connectivity index (χ4v) is 4.72. The van der Waals surface area contributed by atoms with E-state index < -0.39 is 0 Å². The Kier molecular flexibility index (Phi) is 5.56. The molecule has 132 valence electrons. The highest BCUT2D eigenvalue weighted by Crippen LogP contribution is 2.44. The first kappa shape index (κ1) is 17.4. The van der Waals surface area contributed by atoms with Gasteiger partial charge in [-0.15, -0.1) is 11.8 Å². The van der Waals surface area contributed by atoms with Crippen LogP contribution in [0.5, 0.6) is 11.5 Å². The minimum atomic E-state index is 0.00155. The maximum absolute atomic E-state index is 12.6. The molecule has 0 aliphatic carbocycles. The Labute approximate surface area is 148 Å². The summed E-state index contributed by atoms with van der Waals surface area (Å²) in [4.78, 5) is 17.1. The van der Waals surface area contributed by atoms with Crippen LogP contribution in [-0.4, -0.2) is 61.4 Å². The molecule has 2 atom stereocenters. The van der Waals surface area contributed by atoms with E-state index in [1.807, 2.05) is 30.0 Å². The smallest absolute Gasteiger partial charge is 0.236 e. The lowest BCUT2D eigenvalue weighted by molar-refractivity contribution is -0.130. The van der Waals surface area contributed by atoms with E-state index in [-0.39, 0.29) is 16.5 Å². The number of ether oxygens (including phenoxy) is 2. The molecule has 2 saturated heterocycles. The summed E-state index contributed by atoms with van der Waals surface area (Å²) in [5, 5.41) is 0.0524. The second-order valence-corrected chi connectivity index (χ2v) is 7.75. The molecule has 1 aromatic rings. The molecule has 2 fully saturated rings. The predicted octanol–water partition coefficient (Wildman–Crippen LogP) is 2.76. The van der Waals surface area contributed by atoms with Crippen molar-refractivity contribution >= 4 is 17.7 Å².